The van der Waals surface area contributed by atoms with Gasteiger partial charge in [0.2, 0.25) is 10.0 Å². The second-order valence-corrected chi connectivity index (χ2v) is 8.95. The molecule has 3 aromatic rings. The Hall–Kier alpha value is -2.85. The van der Waals surface area contributed by atoms with Crippen LogP contribution in [-0.2, 0) is 10.0 Å². The van der Waals surface area contributed by atoms with E-state index in [1.807, 2.05) is 6.92 Å². The second kappa shape index (κ2) is 6.95. The summed E-state index contributed by atoms with van der Waals surface area (Å²) in [6, 6.07) is 11.0. The zero-order chi connectivity index (χ0) is 19.9. The van der Waals surface area contributed by atoms with Crippen molar-refractivity contribution in [2.24, 2.45) is 5.92 Å². The lowest BCUT2D eigenvalue weighted by Gasteiger charge is -2.30. The molecule has 0 aliphatic carbocycles. The number of nitrogens with zero attached hydrogens (tertiary/aromatic N) is 5. The Labute approximate surface area is 161 Å². The van der Waals surface area contributed by atoms with Crippen LogP contribution in [0.5, 0.6) is 0 Å². The van der Waals surface area contributed by atoms with Crippen molar-refractivity contribution in [1.29, 1.82) is 0 Å². The van der Waals surface area contributed by atoms with E-state index >= 15 is 0 Å². The van der Waals surface area contributed by atoms with E-state index in [1.54, 1.807) is 24.3 Å². The highest BCUT2D eigenvalue weighted by molar-refractivity contribution is 7.89. The number of hydrogen-bond donors (Lipinski definition) is 0. The summed E-state index contributed by atoms with van der Waals surface area (Å²) in [5, 5.41) is 19.7. The van der Waals surface area contributed by atoms with Crippen LogP contribution in [0.4, 0.5) is 5.69 Å². The number of hydrogen-bond acceptors (Lipinski definition) is 6. The monoisotopic (exact) mass is 401 g/mol. The molecule has 0 N–H and O–H groups in total. The van der Waals surface area contributed by atoms with Crippen molar-refractivity contribution < 1.29 is 13.3 Å². The molecule has 0 unspecified atom stereocenters. The van der Waals surface area contributed by atoms with Crippen molar-refractivity contribution in [3.63, 3.8) is 0 Å². The molecule has 0 radical (unpaired) electrons. The van der Waals surface area contributed by atoms with Gasteiger partial charge in [-0.1, -0.05) is 24.3 Å². The highest BCUT2D eigenvalue weighted by atomic mass is 32.2. The summed E-state index contributed by atoms with van der Waals surface area (Å²) < 4.78 is 28.7. The topological polar surface area (TPSA) is 111 Å². The molecule has 2 heterocycles. The first-order valence-electron chi connectivity index (χ1n) is 8.97. The van der Waals surface area contributed by atoms with E-state index < -0.39 is 14.9 Å². The van der Waals surface area contributed by atoms with Crippen molar-refractivity contribution in [2.75, 3.05) is 13.1 Å². The molecule has 2 aromatic carbocycles. The summed E-state index contributed by atoms with van der Waals surface area (Å²) in [6.07, 6.45) is 1.76. The van der Waals surface area contributed by atoms with E-state index in [0.717, 1.165) is 18.9 Å². The molecular weight excluding hydrogens is 382 g/mol. The summed E-state index contributed by atoms with van der Waals surface area (Å²) in [5.41, 5.74) is 1.04. The van der Waals surface area contributed by atoms with Crippen LogP contribution in [-0.4, -0.2) is 45.7 Å². The van der Waals surface area contributed by atoms with Gasteiger partial charge in [0, 0.05) is 19.2 Å². The zero-order valence-corrected chi connectivity index (χ0v) is 16.0. The van der Waals surface area contributed by atoms with Crippen LogP contribution in [0, 0.1) is 16.0 Å². The molecule has 1 aromatic heterocycles. The molecule has 146 valence electrons. The van der Waals surface area contributed by atoms with Gasteiger partial charge >= 0.3 is 0 Å². The summed E-state index contributed by atoms with van der Waals surface area (Å²) in [7, 11) is -3.80. The van der Waals surface area contributed by atoms with E-state index in [4.69, 9.17) is 0 Å². The van der Waals surface area contributed by atoms with Crippen LogP contribution >= 0.6 is 0 Å². The minimum Gasteiger partial charge on any atom is -0.258 e. The predicted molar refractivity (Wildman–Crippen MR) is 103 cm³/mol. The third-order valence-electron chi connectivity index (χ3n) is 4.98. The Bertz CT molecular complexity index is 1160. The van der Waals surface area contributed by atoms with Gasteiger partial charge in [0.05, 0.1) is 15.3 Å². The number of aromatic nitrogens is 3. The molecule has 4 rings (SSSR count). The van der Waals surface area contributed by atoms with Gasteiger partial charge in [0.1, 0.15) is 11.2 Å². The minimum absolute atomic E-state index is 0.0820. The largest absolute Gasteiger partial charge is 0.296 e. The summed E-state index contributed by atoms with van der Waals surface area (Å²) in [4.78, 5) is 11.0. The molecule has 1 atom stereocenters. The van der Waals surface area contributed by atoms with Gasteiger partial charge in [-0.05, 0) is 43.0 Å². The molecule has 0 saturated carbocycles. The molecule has 1 aliphatic heterocycles. The number of rotatable bonds is 4. The maximum Gasteiger partial charge on any atom is 0.296 e. The Morgan fingerprint density at radius 1 is 1.21 bits per heavy atom. The van der Waals surface area contributed by atoms with Gasteiger partial charge in [-0.2, -0.15) is 4.31 Å². The summed E-state index contributed by atoms with van der Waals surface area (Å²) in [5.74, 6) is 0.263. The second-order valence-electron chi connectivity index (χ2n) is 7.01. The fourth-order valence-electron chi connectivity index (χ4n) is 3.55. The van der Waals surface area contributed by atoms with E-state index in [-0.39, 0.29) is 22.2 Å². The maximum atomic E-state index is 13.0. The predicted octanol–water partition coefficient (Wildman–Crippen LogP) is 2.75. The molecule has 1 saturated heterocycles. The van der Waals surface area contributed by atoms with Gasteiger partial charge in [0.25, 0.3) is 5.69 Å². The zero-order valence-electron chi connectivity index (χ0n) is 15.2. The first-order valence-corrected chi connectivity index (χ1v) is 10.4. The van der Waals surface area contributed by atoms with Gasteiger partial charge in [-0.15, -0.1) is 5.10 Å². The van der Waals surface area contributed by atoms with Gasteiger partial charge < -0.3 is 0 Å². The smallest absolute Gasteiger partial charge is 0.258 e. The lowest BCUT2D eigenvalue weighted by Crippen LogP contribution is -2.39. The van der Waals surface area contributed by atoms with Crippen molar-refractivity contribution in [1.82, 2.24) is 19.3 Å². The Kier molecular flexibility index (Phi) is 4.60. The van der Waals surface area contributed by atoms with Gasteiger partial charge in [-0.3, -0.25) is 10.1 Å². The lowest BCUT2D eigenvalue weighted by atomic mass is 10.0. The van der Waals surface area contributed by atoms with Crippen LogP contribution in [0.1, 0.15) is 19.8 Å². The molecular formula is C18H19N5O4S. The van der Waals surface area contributed by atoms with Gasteiger partial charge in [0.15, 0.2) is 0 Å². The van der Waals surface area contributed by atoms with Crippen LogP contribution < -0.4 is 0 Å². The van der Waals surface area contributed by atoms with Gasteiger partial charge in [-0.25, -0.2) is 13.1 Å². The number of fused-ring (bicyclic) bond motifs is 1. The van der Waals surface area contributed by atoms with Crippen molar-refractivity contribution in [3.8, 4) is 5.69 Å². The van der Waals surface area contributed by atoms with E-state index in [1.165, 1.54) is 21.1 Å². The third kappa shape index (κ3) is 3.14. The van der Waals surface area contributed by atoms with E-state index in [0.29, 0.717) is 24.1 Å². The van der Waals surface area contributed by atoms with E-state index in [2.05, 4.69) is 10.3 Å². The standard InChI is InChI=1S/C18H19N5O4S/c1-13-5-4-10-21(12-13)28(26,27)14-8-9-17(18(11-14)23(24)25)22-16-7-3-2-6-15(16)19-20-22/h2-3,6-9,11,13H,4-5,10,12H2,1H3/t13-/m0/s1. The average Bonchev–Trinajstić information content (AvgIpc) is 3.11. The van der Waals surface area contributed by atoms with Crippen LogP contribution in [0.25, 0.3) is 16.7 Å². The number of benzene rings is 2. The molecule has 9 nitrogen and oxygen atoms in total. The summed E-state index contributed by atoms with van der Waals surface area (Å²) >= 11 is 0. The van der Waals surface area contributed by atoms with E-state index in [9.17, 15) is 18.5 Å². The molecule has 0 bridgehead atoms. The lowest BCUT2D eigenvalue weighted by molar-refractivity contribution is -0.384. The average molecular weight is 401 g/mol. The first kappa shape index (κ1) is 18.5. The van der Waals surface area contributed by atoms with Crippen molar-refractivity contribution in [3.05, 3.63) is 52.6 Å². The molecule has 28 heavy (non-hydrogen) atoms. The number of piperidine rings is 1. The highest BCUT2D eigenvalue weighted by Gasteiger charge is 2.31. The normalized spacial score (nSPS) is 18.4. The molecule has 1 aliphatic rings. The quantitative estimate of drug-likeness (QED) is 0.491. The van der Waals surface area contributed by atoms with Crippen molar-refractivity contribution in [2.45, 2.75) is 24.7 Å². The fourth-order valence-corrected chi connectivity index (χ4v) is 5.17. The SMILES string of the molecule is C[C@H]1CCCN(S(=O)(=O)c2ccc(-n3nnc4ccccc43)c([N+](=O)[O-])c2)C1. The number of nitro groups is 1. The Morgan fingerprint density at radius 2 is 2.00 bits per heavy atom. The molecule has 0 amide bonds. The number of para-hydroxylation sites is 1. The minimum atomic E-state index is -3.80. The number of sulfonamides is 1. The summed E-state index contributed by atoms with van der Waals surface area (Å²) in [6.45, 7) is 2.85. The highest BCUT2D eigenvalue weighted by Crippen LogP contribution is 2.30. The van der Waals surface area contributed by atoms with Crippen LogP contribution in [0.3, 0.4) is 0 Å². The first-order chi connectivity index (χ1) is 13.4. The third-order valence-corrected chi connectivity index (χ3v) is 6.84. The van der Waals surface area contributed by atoms with Crippen LogP contribution in [0.15, 0.2) is 47.4 Å². The Balaban J connectivity index is 1.81. The maximum absolute atomic E-state index is 13.0. The molecule has 1 fully saturated rings. The number of nitro benzene ring substituents is 1. The van der Waals surface area contributed by atoms with Crippen molar-refractivity contribution >= 4 is 26.7 Å². The molecule has 0 spiro atoms. The fraction of sp³-hybridized carbons (Fsp3) is 0.333. The van der Waals surface area contributed by atoms with Crippen LogP contribution in [0.2, 0.25) is 0 Å². The Morgan fingerprint density at radius 3 is 2.75 bits per heavy atom. The molecule has 10 heteroatoms.